The molecule has 0 N–H and O–H groups in total. The maximum atomic E-state index is 5.24. The highest BCUT2D eigenvalue weighted by Gasteiger charge is 2.22. The Bertz CT molecular complexity index is 2540. The van der Waals surface area contributed by atoms with Crippen molar-refractivity contribution in [2.75, 3.05) is 0 Å². The van der Waals surface area contributed by atoms with Crippen molar-refractivity contribution in [1.82, 2.24) is 15.0 Å². The maximum absolute atomic E-state index is 5.24. The lowest BCUT2D eigenvalue weighted by Crippen LogP contribution is -2.02. The van der Waals surface area contributed by atoms with E-state index in [1.807, 2.05) is 36.4 Å². The first-order valence-electron chi connectivity index (χ1n) is 16.9. The Labute approximate surface area is 291 Å². The quantitative estimate of drug-likeness (QED) is 0.170. The Morgan fingerprint density at radius 3 is 1.16 bits per heavy atom. The van der Waals surface area contributed by atoms with Gasteiger partial charge in [-0.05, 0) is 55.4 Å². The van der Waals surface area contributed by atoms with E-state index in [2.05, 4.69) is 152 Å². The molecule has 0 aliphatic carbocycles. The number of benzene rings is 8. The molecule has 0 fully saturated rings. The van der Waals surface area contributed by atoms with Crippen LogP contribution in [0.3, 0.4) is 0 Å². The van der Waals surface area contributed by atoms with Gasteiger partial charge in [-0.3, -0.25) is 0 Å². The first-order valence-corrected chi connectivity index (χ1v) is 16.9. The topological polar surface area (TPSA) is 38.7 Å². The fourth-order valence-electron chi connectivity index (χ4n) is 6.91. The van der Waals surface area contributed by atoms with Gasteiger partial charge in [-0.2, -0.15) is 0 Å². The van der Waals surface area contributed by atoms with Crippen LogP contribution in [0.25, 0.3) is 89.1 Å². The van der Waals surface area contributed by atoms with Gasteiger partial charge in [-0.25, -0.2) is 15.0 Å². The summed E-state index contributed by atoms with van der Waals surface area (Å²) in [6.45, 7) is 0. The van der Waals surface area contributed by atoms with Crippen molar-refractivity contribution in [3.63, 3.8) is 0 Å². The fraction of sp³-hybridized carbons (Fsp3) is 0. The van der Waals surface area contributed by atoms with E-state index in [-0.39, 0.29) is 0 Å². The van der Waals surface area contributed by atoms with Crippen molar-refractivity contribution < 1.29 is 0 Å². The molecule has 0 radical (unpaired) electrons. The van der Waals surface area contributed by atoms with Crippen LogP contribution in [0.5, 0.6) is 0 Å². The maximum Gasteiger partial charge on any atom is 0.165 e. The van der Waals surface area contributed by atoms with Crippen LogP contribution in [-0.4, -0.2) is 15.0 Å². The third-order valence-corrected chi connectivity index (χ3v) is 9.34. The van der Waals surface area contributed by atoms with Crippen LogP contribution in [0, 0.1) is 0 Å². The van der Waals surface area contributed by atoms with E-state index in [9.17, 15) is 0 Å². The van der Waals surface area contributed by atoms with E-state index >= 15 is 0 Å². The number of hydrogen-bond acceptors (Lipinski definition) is 3. The fourth-order valence-corrected chi connectivity index (χ4v) is 6.91. The summed E-state index contributed by atoms with van der Waals surface area (Å²) in [5, 5.41) is 4.60. The Morgan fingerprint density at radius 1 is 0.220 bits per heavy atom. The molecule has 0 saturated carbocycles. The lowest BCUT2D eigenvalue weighted by Gasteiger charge is -2.19. The summed E-state index contributed by atoms with van der Waals surface area (Å²) in [4.78, 5) is 15.5. The highest BCUT2D eigenvalue weighted by molar-refractivity contribution is 6.21. The summed E-state index contributed by atoms with van der Waals surface area (Å²) in [6, 6.07) is 65.8. The van der Waals surface area contributed by atoms with Gasteiger partial charge in [0.2, 0.25) is 0 Å². The molecule has 0 atom stereocenters. The third-order valence-electron chi connectivity index (χ3n) is 9.34. The lowest BCUT2D eigenvalue weighted by atomic mass is 9.86. The van der Waals surface area contributed by atoms with E-state index in [0.717, 1.165) is 55.1 Å². The standard InChI is InChI=1S/C47H31N3/c1-5-15-32(16-6-1)33-25-27-34(28-26-33)38-29-30-40-39-23-13-14-24-41(39)44(43(42(40)31-38)35-17-7-2-8-18-35)47-49-45(36-19-9-3-10-20-36)48-46(50-47)37-21-11-4-12-22-37/h1-31H. The summed E-state index contributed by atoms with van der Waals surface area (Å²) in [6.07, 6.45) is 0. The Balaban J connectivity index is 1.34. The van der Waals surface area contributed by atoms with E-state index < -0.39 is 0 Å². The molecule has 0 aliphatic rings. The summed E-state index contributed by atoms with van der Waals surface area (Å²) >= 11 is 0. The Hall–Kier alpha value is -6.71. The highest BCUT2D eigenvalue weighted by Crippen LogP contribution is 2.45. The van der Waals surface area contributed by atoms with Crippen molar-refractivity contribution in [1.29, 1.82) is 0 Å². The predicted molar refractivity (Wildman–Crippen MR) is 207 cm³/mol. The van der Waals surface area contributed by atoms with Gasteiger partial charge in [0.25, 0.3) is 0 Å². The molecule has 3 nitrogen and oxygen atoms in total. The molecular weight excluding hydrogens is 607 g/mol. The Morgan fingerprint density at radius 2 is 0.600 bits per heavy atom. The second-order valence-corrected chi connectivity index (χ2v) is 12.4. The number of aromatic nitrogens is 3. The monoisotopic (exact) mass is 637 g/mol. The van der Waals surface area contributed by atoms with Crippen LogP contribution >= 0.6 is 0 Å². The van der Waals surface area contributed by atoms with Gasteiger partial charge in [0.05, 0.1) is 0 Å². The number of nitrogens with zero attached hydrogens (tertiary/aromatic N) is 3. The zero-order valence-electron chi connectivity index (χ0n) is 27.2. The SMILES string of the molecule is c1ccc(-c2ccc(-c3ccc4c(c3)c(-c3ccccc3)c(-c3nc(-c5ccccc5)nc(-c5ccccc5)n3)c3ccccc34)cc2)cc1. The minimum Gasteiger partial charge on any atom is -0.208 e. The molecule has 0 saturated heterocycles. The average molecular weight is 638 g/mol. The summed E-state index contributed by atoms with van der Waals surface area (Å²) in [5.74, 6) is 1.93. The third kappa shape index (κ3) is 5.41. The van der Waals surface area contributed by atoms with Crippen LogP contribution in [0.1, 0.15) is 0 Å². The molecule has 0 spiro atoms. The van der Waals surface area contributed by atoms with Gasteiger partial charge < -0.3 is 0 Å². The highest BCUT2D eigenvalue weighted by atomic mass is 15.0. The zero-order valence-corrected chi connectivity index (χ0v) is 27.2. The normalized spacial score (nSPS) is 11.2. The second-order valence-electron chi connectivity index (χ2n) is 12.4. The molecule has 234 valence electrons. The predicted octanol–water partition coefficient (Wildman–Crippen LogP) is 12.2. The van der Waals surface area contributed by atoms with Crippen LogP contribution < -0.4 is 0 Å². The van der Waals surface area contributed by atoms with Crippen molar-refractivity contribution in [2.24, 2.45) is 0 Å². The summed E-state index contributed by atoms with van der Waals surface area (Å²) < 4.78 is 0. The van der Waals surface area contributed by atoms with E-state index in [4.69, 9.17) is 15.0 Å². The number of rotatable bonds is 6. The molecule has 1 aromatic heterocycles. The van der Waals surface area contributed by atoms with Crippen molar-refractivity contribution in [3.05, 3.63) is 188 Å². The Kier molecular flexibility index (Phi) is 7.49. The van der Waals surface area contributed by atoms with Gasteiger partial charge in [-0.1, -0.05) is 182 Å². The van der Waals surface area contributed by atoms with Crippen molar-refractivity contribution >= 4 is 21.5 Å². The van der Waals surface area contributed by atoms with Gasteiger partial charge in [-0.15, -0.1) is 0 Å². The minimum absolute atomic E-state index is 0.643. The number of hydrogen-bond donors (Lipinski definition) is 0. The summed E-state index contributed by atoms with van der Waals surface area (Å²) in [5.41, 5.74) is 9.83. The first kappa shape index (κ1) is 29.4. The number of fused-ring (bicyclic) bond motifs is 3. The van der Waals surface area contributed by atoms with Gasteiger partial charge in [0.15, 0.2) is 17.5 Å². The lowest BCUT2D eigenvalue weighted by molar-refractivity contribution is 1.08. The van der Waals surface area contributed by atoms with Crippen LogP contribution in [0.4, 0.5) is 0 Å². The van der Waals surface area contributed by atoms with Crippen LogP contribution in [0.2, 0.25) is 0 Å². The van der Waals surface area contributed by atoms with E-state index in [0.29, 0.717) is 17.5 Å². The molecule has 0 aliphatic heterocycles. The minimum atomic E-state index is 0.643. The van der Waals surface area contributed by atoms with Crippen LogP contribution in [-0.2, 0) is 0 Å². The molecular formula is C47H31N3. The van der Waals surface area contributed by atoms with Gasteiger partial charge in [0, 0.05) is 22.3 Å². The molecule has 3 heteroatoms. The van der Waals surface area contributed by atoms with E-state index in [1.165, 1.54) is 16.5 Å². The van der Waals surface area contributed by atoms with Gasteiger partial charge in [0.1, 0.15) is 0 Å². The molecule has 0 bridgehead atoms. The summed E-state index contributed by atoms with van der Waals surface area (Å²) in [7, 11) is 0. The molecule has 50 heavy (non-hydrogen) atoms. The molecule has 1 heterocycles. The molecule has 0 amide bonds. The second kappa shape index (κ2) is 12.7. The van der Waals surface area contributed by atoms with E-state index in [1.54, 1.807) is 0 Å². The van der Waals surface area contributed by atoms with Gasteiger partial charge >= 0.3 is 0 Å². The van der Waals surface area contributed by atoms with Crippen molar-refractivity contribution in [2.45, 2.75) is 0 Å². The van der Waals surface area contributed by atoms with Crippen molar-refractivity contribution in [3.8, 4) is 67.5 Å². The average Bonchev–Trinajstić information content (AvgIpc) is 3.21. The molecule has 9 aromatic rings. The largest absolute Gasteiger partial charge is 0.208 e. The first-order chi connectivity index (χ1) is 24.8. The smallest absolute Gasteiger partial charge is 0.165 e. The molecule has 0 unspecified atom stereocenters. The zero-order chi connectivity index (χ0) is 33.3. The van der Waals surface area contributed by atoms with Crippen LogP contribution in [0.15, 0.2) is 188 Å². The molecule has 8 aromatic carbocycles. The molecule has 9 rings (SSSR count).